The molecule has 0 aliphatic carbocycles. The van der Waals surface area contributed by atoms with Crippen LogP contribution in [-0.2, 0) is 0 Å². The van der Waals surface area contributed by atoms with Gasteiger partial charge < -0.3 is 9.47 Å². The highest BCUT2D eigenvalue weighted by atomic mass is 33.7. The average molecular weight is 342 g/mol. The van der Waals surface area contributed by atoms with Crippen LogP contribution in [0, 0.1) is 0 Å². The van der Waals surface area contributed by atoms with Crippen molar-refractivity contribution in [3.63, 3.8) is 0 Å². The summed E-state index contributed by atoms with van der Waals surface area (Å²) in [5.74, 6) is 1.88. The largest absolute Gasteiger partial charge is 0.497 e. The summed E-state index contributed by atoms with van der Waals surface area (Å²) in [4.78, 5) is 1.48. The van der Waals surface area contributed by atoms with Gasteiger partial charge in [0.1, 0.15) is 11.5 Å². The Morgan fingerprint density at radius 2 is 1.40 bits per heavy atom. The molecule has 6 heteroatoms. The Labute approximate surface area is 128 Å². The highest BCUT2D eigenvalue weighted by Gasteiger charge is 2.29. The number of hydrogen-bond acceptors (Lipinski definition) is 3. The maximum Gasteiger partial charge on any atom is 0.118 e. The summed E-state index contributed by atoms with van der Waals surface area (Å²) in [6, 6.07) is 17.1. The van der Waals surface area contributed by atoms with Crippen molar-refractivity contribution in [2.45, 2.75) is 4.90 Å². The van der Waals surface area contributed by atoms with Crippen LogP contribution >= 0.6 is 34.2 Å². The predicted molar refractivity (Wildman–Crippen MR) is 95.7 cm³/mol. The van der Waals surface area contributed by atoms with Gasteiger partial charge in [-0.25, -0.2) is 0 Å². The van der Waals surface area contributed by atoms with Crippen molar-refractivity contribution in [2.75, 3.05) is 14.2 Å². The van der Waals surface area contributed by atoms with E-state index in [2.05, 4.69) is 58.9 Å². The molecule has 3 rings (SSSR count). The van der Waals surface area contributed by atoms with Gasteiger partial charge in [0.2, 0.25) is 0 Å². The summed E-state index contributed by atoms with van der Waals surface area (Å²) in [5.41, 5.74) is 0. The van der Waals surface area contributed by atoms with E-state index in [1.165, 1.54) is 10.2 Å². The van der Waals surface area contributed by atoms with Gasteiger partial charge in [0, 0.05) is 11.7 Å². The fourth-order valence-electron chi connectivity index (χ4n) is 1.81. The van der Waals surface area contributed by atoms with E-state index < -0.39 is 0 Å². The first-order valence-corrected chi connectivity index (χ1v) is 13.5. The summed E-state index contributed by atoms with van der Waals surface area (Å²) in [5, 5.41) is 1.48. The van der Waals surface area contributed by atoms with Gasteiger partial charge in [0.25, 0.3) is 0 Å². The van der Waals surface area contributed by atoms with Crippen LogP contribution < -0.4 is 14.8 Å². The van der Waals surface area contributed by atoms with Crippen molar-refractivity contribution in [3.05, 3.63) is 48.5 Å². The number of benzene rings is 2. The van der Waals surface area contributed by atoms with Gasteiger partial charge in [-0.3, -0.25) is 0 Å². The number of methoxy groups -OCH3 is 2. The van der Waals surface area contributed by atoms with Crippen molar-refractivity contribution in [3.8, 4) is 11.5 Å². The first-order valence-electron chi connectivity index (χ1n) is 6.13. The Kier molecular flexibility index (Phi) is 4.78. The number of hydrogen-bond donors (Lipinski definition) is 1. The lowest BCUT2D eigenvalue weighted by Gasteiger charge is -2.38. The topological polar surface area (TPSA) is 18.5 Å². The molecule has 3 atom stereocenters. The molecule has 1 fully saturated rings. The second kappa shape index (κ2) is 6.58. The molecule has 1 saturated heterocycles. The second-order valence-electron chi connectivity index (χ2n) is 4.17. The molecule has 2 nitrogen and oxygen atoms in total. The first kappa shape index (κ1) is 14.5. The molecule has 1 heterocycles. The van der Waals surface area contributed by atoms with Gasteiger partial charge in [-0.2, -0.15) is 0 Å². The van der Waals surface area contributed by atoms with Crippen molar-refractivity contribution in [1.82, 2.24) is 0 Å². The first-order chi connectivity index (χ1) is 9.80. The van der Waals surface area contributed by atoms with Crippen LogP contribution in [0.5, 0.6) is 11.5 Å². The summed E-state index contributed by atoms with van der Waals surface area (Å²) in [7, 11) is 6.66. The van der Waals surface area contributed by atoms with E-state index in [0.29, 0.717) is 0 Å². The minimum Gasteiger partial charge on any atom is -0.497 e. The molecule has 3 unspecified atom stereocenters. The summed E-state index contributed by atoms with van der Waals surface area (Å²) in [6.45, 7) is 0.00194. The summed E-state index contributed by atoms with van der Waals surface area (Å²) >= 11 is 0. The van der Waals surface area contributed by atoms with Crippen LogP contribution in [0.15, 0.2) is 53.4 Å². The molecule has 0 N–H and O–H groups in total. The standard InChI is InChI=1S/C14H16O2P2S2/c1-15-11-3-7-13(8-4-11)18-17-20(19-18)14-9-5-12(16-2)6-10-14/h3-10,17,20H,1-2H3. The molecule has 2 aromatic carbocycles. The van der Waals surface area contributed by atoms with Crippen molar-refractivity contribution < 1.29 is 9.47 Å². The van der Waals surface area contributed by atoms with E-state index in [0.717, 1.165) is 19.0 Å². The third-order valence-corrected chi connectivity index (χ3v) is 25.1. The zero-order valence-electron chi connectivity index (χ0n) is 11.2. The maximum atomic E-state index is 5.21. The molecule has 20 heavy (non-hydrogen) atoms. The number of ether oxygens (including phenoxy) is 2. The van der Waals surface area contributed by atoms with Gasteiger partial charge in [-0.1, -0.05) is 10.4 Å². The second-order valence-corrected chi connectivity index (χ2v) is 17.9. The van der Waals surface area contributed by atoms with E-state index in [1.807, 2.05) is 0 Å². The Bertz CT molecular complexity index is 517. The van der Waals surface area contributed by atoms with E-state index in [9.17, 15) is 0 Å². The molecule has 0 radical (unpaired) electrons. The number of thiol groups is 1. The van der Waals surface area contributed by atoms with E-state index in [1.54, 1.807) is 14.2 Å². The van der Waals surface area contributed by atoms with Gasteiger partial charge in [-0.15, -0.1) is 9.55 Å². The van der Waals surface area contributed by atoms with Crippen molar-refractivity contribution in [2.24, 2.45) is 0 Å². The van der Waals surface area contributed by atoms with Crippen LogP contribution in [0.2, 0.25) is 0 Å². The summed E-state index contributed by atoms with van der Waals surface area (Å²) in [6.07, 6.45) is 0. The molecule has 0 bridgehead atoms. The van der Waals surface area contributed by atoms with E-state index in [4.69, 9.17) is 9.47 Å². The molecule has 0 saturated carbocycles. The lowest BCUT2D eigenvalue weighted by molar-refractivity contribution is 0.414. The maximum absolute atomic E-state index is 5.21. The molecule has 1 aliphatic rings. The van der Waals surface area contributed by atoms with Crippen LogP contribution in [0.3, 0.4) is 0 Å². The Hall–Kier alpha value is -0.400. The minimum absolute atomic E-state index is 0.00194. The average Bonchev–Trinajstić information content (AvgIpc) is 2.47. The molecule has 0 spiro atoms. The normalized spacial score (nSPS) is 24.1. The lowest BCUT2D eigenvalue weighted by Crippen LogP contribution is -1.98. The molecule has 1 aliphatic heterocycles. The van der Waals surface area contributed by atoms with Crippen LogP contribution in [0.25, 0.3) is 0 Å². The Balaban J connectivity index is 1.62. The van der Waals surface area contributed by atoms with Crippen LogP contribution in [-0.4, -0.2) is 14.2 Å². The highest BCUT2D eigenvalue weighted by Crippen LogP contribution is 2.97. The lowest BCUT2D eigenvalue weighted by atomic mass is 10.3. The molecule has 0 aromatic heterocycles. The van der Waals surface area contributed by atoms with Gasteiger partial charge >= 0.3 is 0 Å². The summed E-state index contributed by atoms with van der Waals surface area (Å²) < 4.78 is 10.4. The molecular formula is C14H16O2P2S2. The van der Waals surface area contributed by atoms with Crippen molar-refractivity contribution >= 4 is 39.5 Å². The molecule has 0 amide bonds. The SMILES string of the molecule is COc1ccc(P2P[SH](c3ccc(OC)cc3)S2)cc1. The fraction of sp³-hybridized carbons (Fsp3) is 0.143. The monoisotopic (exact) mass is 342 g/mol. The van der Waals surface area contributed by atoms with Gasteiger partial charge in [0.15, 0.2) is 0 Å². The molecule has 106 valence electrons. The predicted octanol–water partition coefficient (Wildman–Crippen LogP) is 4.96. The van der Waals surface area contributed by atoms with E-state index in [-0.39, 0.29) is 16.4 Å². The zero-order chi connectivity index (χ0) is 13.9. The van der Waals surface area contributed by atoms with Gasteiger partial charge in [-0.05, 0) is 61.3 Å². The highest BCUT2D eigenvalue weighted by molar-refractivity contribution is 9.40. The smallest absolute Gasteiger partial charge is 0.118 e. The van der Waals surface area contributed by atoms with E-state index >= 15 is 0 Å². The minimum atomic E-state index is 0.00194. The zero-order valence-corrected chi connectivity index (χ0v) is 14.8. The quantitative estimate of drug-likeness (QED) is 0.481. The van der Waals surface area contributed by atoms with Gasteiger partial charge in [0.05, 0.1) is 14.2 Å². The number of rotatable bonds is 4. The Morgan fingerprint density at radius 1 is 0.900 bits per heavy atom. The third-order valence-electron chi connectivity index (χ3n) is 2.96. The van der Waals surface area contributed by atoms with Crippen molar-refractivity contribution in [1.29, 1.82) is 0 Å². The third kappa shape index (κ3) is 3.09. The fourth-order valence-corrected chi connectivity index (χ4v) is 20.7. The molecular weight excluding hydrogens is 326 g/mol. The van der Waals surface area contributed by atoms with Crippen LogP contribution in [0.4, 0.5) is 0 Å². The van der Waals surface area contributed by atoms with Crippen LogP contribution in [0.1, 0.15) is 0 Å². The molecule has 2 aromatic rings. The Morgan fingerprint density at radius 3 is 1.90 bits per heavy atom.